The summed E-state index contributed by atoms with van der Waals surface area (Å²) in [6.07, 6.45) is 0. The molecule has 0 saturated heterocycles. The highest BCUT2D eigenvalue weighted by Gasteiger charge is 2.04. The van der Waals surface area contributed by atoms with Crippen LogP contribution in [-0.2, 0) is 11.3 Å². The highest BCUT2D eigenvalue weighted by Crippen LogP contribution is 2.19. The molecule has 0 heterocycles. The fraction of sp³-hybridized carbons (Fsp3) is 0.429. The van der Waals surface area contributed by atoms with Gasteiger partial charge in [-0.1, -0.05) is 31.7 Å². The van der Waals surface area contributed by atoms with Crippen LogP contribution in [0.4, 0.5) is 0 Å². The number of aryl methyl sites for hydroxylation is 1. The minimum absolute atomic E-state index is 0.664. The summed E-state index contributed by atoms with van der Waals surface area (Å²) in [7, 11) is 0. The Morgan fingerprint density at radius 1 is 1.38 bits per heavy atom. The van der Waals surface area contributed by atoms with E-state index in [1.54, 1.807) is 0 Å². The van der Waals surface area contributed by atoms with Crippen molar-refractivity contribution in [1.29, 1.82) is 0 Å². The molecule has 88 valence electrons. The van der Waals surface area contributed by atoms with Crippen LogP contribution >= 0.6 is 0 Å². The van der Waals surface area contributed by atoms with Crippen molar-refractivity contribution >= 4 is 5.76 Å². The van der Waals surface area contributed by atoms with E-state index in [0.717, 1.165) is 24.4 Å². The van der Waals surface area contributed by atoms with Gasteiger partial charge in [0, 0.05) is 12.1 Å². The maximum atomic E-state index is 5.42. The number of nitrogens with one attached hydrogen (secondary N) is 1. The second kappa shape index (κ2) is 6.33. The number of hydrogen-bond donors (Lipinski definition) is 1. The minimum atomic E-state index is 0.664. The molecule has 2 nitrogen and oxygen atoms in total. The third kappa shape index (κ3) is 3.38. The van der Waals surface area contributed by atoms with E-state index in [1.807, 2.05) is 6.92 Å². The van der Waals surface area contributed by atoms with Crippen LogP contribution in [0.5, 0.6) is 0 Å². The summed E-state index contributed by atoms with van der Waals surface area (Å²) in [6.45, 7) is 12.7. The van der Waals surface area contributed by atoms with Gasteiger partial charge in [0.05, 0.1) is 6.61 Å². The van der Waals surface area contributed by atoms with Crippen molar-refractivity contribution in [2.75, 3.05) is 13.2 Å². The highest BCUT2D eigenvalue weighted by molar-refractivity contribution is 5.61. The molecule has 0 atom stereocenters. The summed E-state index contributed by atoms with van der Waals surface area (Å²) in [5.41, 5.74) is 3.61. The Bertz CT molecular complexity index is 358. The van der Waals surface area contributed by atoms with Crippen LogP contribution in [0.3, 0.4) is 0 Å². The molecule has 0 fully saturated rings. The van der Waals surface area contributed by atoms with Crippen molar-refractivity contribution in [3.8, 4) is 0 Å². The van der Waals surface area contributed by atoms with Gasteiger partial charge in [0.2, 0.25) is 0 Å². The van der Waals surface area contributed by atoms with E-state index in [-0.39, 0.29) is 0 Å². The van der Waals surface area contributed by atoms with Crippen LogP contribution in [0, 0.1) is 6.92 Å². The van der Waals surface area contributed by atoms with Crippen molar-refractivity contribution in [3.05, 3.63) is 41.5 Å². The molecule has 2 heteroatoms. The summed E-state index contributed by atoms with van der Waals surface area (Å²) in [4.78, 5) is 0. The van der Waals surface area contributed by atoms with E-state index in [0.29, 0.717) is 6.61 Å². The molecular formula is C14H21NO. The average Bonchev–Trinajstić information content (AvgIpc) is 2.26. The molecule has 0 aliphatic rings. The number of rotatable bonds is 6. The lowest BCUT2D eigenvalue weighted by Crippen LogP contribution is -2.11. The Kier molecular flexibility index (Phi) is 5.06. The average molecular weight is 219 g/mol. The molecule has 1 aromatic rings. The van der Waals surface area contributed by atoms with E-state index in [1.165, 1.54) is 11.1 Å². The lowest BCUT2D eigenvalue weighted by Gasteiger charge is -2.11. The van der Waals surface area contributed by atoms with Crippen molar-refractivity contribution in [1.82, 2.24) is 5.32 Å². The summed E-state index contributed by atoms with van der Waals surface area (Å²) in [5, 5.41) is 3.31. The predicted molar refractivity (Wildman–Crippen MR) is 69.2 cm³/mol. The smallest absolute Gasteiger partial charge is 0.119 e. The van der Waals surface area contributed by atoms with Gasteiger partial charge in [-0.2, -0.15) is 0 Å². The topological polar surface area (TPSA) is 21.3 Å². The first kappa shape index (κ1) is 12.8. The molecule has 0 spiro atoms. The molecule has 1 aromatic carbocycles. The molecule has 0 radical (unpaired) electrons. The molecule has 0 saturated carbocycles. The second-order valence-corrected chi connectivity index (χ2v) is 3.79. The predicted octanol–water partition coefficient (Wildman–Crippen LogP) is 3.11. The second-order valence-electron chi connectivity index (χ2n) is 3.79. The van der Waals surface area contributed by atoms with Gasteiger partial charge in [-0.05, 0) is 31.5 Å². The van der Waals surface area contributed by atoms with Gasteiger partial charge in [0.15, 0.2) is 0 Å². The Labute approximate surface area is 98.3 Å². The molecule has 0 amide bonds. The van der Waals surface area contributed by atoms with E-state index < -0.39 is 0 Å². The molecule has 16 heavy (non-hydrogen) atoms. The van der Waals surface area contributed by atoms with Crippen molar-refractivity contribution in [2.45, 2.75) is 27.3 Å². The van der Waals surface area contributed by atoms with Crippen LogP contribution in [0.1, 0.15) is 30.5 Å². The van der Waals surface area contributed by atoms with Gasteiger partial charge in [0.1, 0.15) is 5.76 Å². The van der Waals surface area contributed by atoms with Gasteiger partial charge >= 0.3 is 0 Å². The standard InChI is InChI=1S/C14H21NO/c1-5-15-10-13-7-8-14(11(3)9-13)12(4)16-6-2/h7-9,15H,4-6,10H2,1-3H3. The van der Waals surface area contributed by atoms with Gasteiger partial charge in [-0.15, -0.1) is 0 Å². The Morgan fingerprint density at radius 3 is 2.69 bits per heavy atom. The zero-order chi connectivity index (χ0) is 12.0. The fourth-order valence-corrected chi connectivity index (χ4v) is 1.67. The van der Waals surface area contributed by atoms with E-state index >= 15 is 0 Å². The first-order valence-corrected chi connectivity index (χ1v) is 5.81. The van der Waals surface area contributed by atoms with E-state index in [9.17, 15) is 0 Å². The zero-order valence-electron chi connectivity index (χ0n) is 10.5. The van der Waals surface area contributed by atoms with Crippen molar-refractivity contribution in [2.24, 2.45) is 0 Å². The van der Waals surface area contributed by atoms with E-state index in [2.05, 4.69) is 43.9 Å². The van der Waals surface area contributed by atoms with Crippen molar-refractivity contribution < 1.29 is 4.74 Å². The normalized spacial score (nSPS) is 10.2. The monoisotopic (exact) mass is 219 g/mol. The largest absolute Gasteiger partial charge is 0.494 e. The molecule has 0 unspecified atom stereocenters. The highest BCUT2D eigenvalue weighted by atomic mass is 16.5. The third-order valence-electron chi connectivity index (χ3n) is 2.49. The molecule has 0 aliphatic heterocycles. The summed E-state index contributed by atoms with van der Waals surface area (Å²) in [5.74, 6) is 0.759. The van der Waals surface area contributed by atoms with Crippen LogP contribution in [0.2, 0.25) is 0 Å². The van der Waals surface area contributed by atoms with Crippen LogP contribution in [-0.4, -0.2) is 13.2 Å². The summed E-state index contributed by atoms with van der Waals surface area (Å²) in [6, 6.07) is 6.39. The fourth-order valence-electron chi connectivity index (χ4n) is 1.67. The SMILES string of the molecule is C=C(OCC)c1ccc(CNCC)cc1C. The number of hydrogen-bond acceptors (Lipinski definition) is 2. The Morgan fingerprint density at radius 2 is 2.12 bits per heavy atom. The molecule has 0 aromatic heterocycles. The van der Waals surface area contributed by atoms with Crippen molar-refractivity contribution in [3.63, 3.8) is 0 Å². The zero-order valence-corrected chi connectivity index (χ0v) is 10.5. The Hall–Kier alpha value is -1.28. The van der Waals surface area contributed by atoms with Gasteiger partial charge in [-0.3, -0.25) is 0 Å². The van der Waals surface area contributed by atoms with Crippen LogP contribution in [0.25, 0.3) is 5.76 Å². The first-order chi connectivity index (χ1) is 7.69. The molecular weight excluding hydrogens is 198 g/mol. The lowest BCUT2D eigenvalue weighted by molar-refractivity contribution is 0.299. The minimum Gasteiger partial charge on any atom is -0.494 e. The van der Waals surface area contributed by atoms with E-state index in [4.69, 9.17) is 4.74 Å². The Balaban J connectivity index is 2.78. The first-order valence-electron chi connectivity index (χ1n) is 5.81. The van der Waals surface area contributed by atoms with Gasteiger partial charge in [-0.25, -0.2) is 0 Å². The van der Waals surface area contributed by atoms with Gasteiger partial charge in [0.25, 0.3) is 0 Å². The summed E-state index contributed by atoms with van der Waals surface area (Å²) < 4.78 is 5.42. The maximum Gasteiger partial charge on any atom is 0.119 e. The number of benzene rings is 1. The molecule has 0 aliphatic carbocycles. The van der Waals surface area contributed by atoms with Crippen LogP contribution < -0.4 is 5.32 Å². The lowest BCUT2D eigenvalue weighted by atomic mass is 10.0. The number of ether oxygens (including phenoxy) is 1. The van der Waals surface area contributed by atoms with Crippen LogP contribution in [0.15, 0.2) is 24.8 Å². The molecule has 0 bridgehead atoms. The maximum absolute atomic E-state index is 5.42. The molecule has 1 N–H and O–H groups in total. The third-order valence-corrected chi connectivity index (χ3v) is 2.49. The summed E-state index contributed by atoms with van der Waals surface area (Å²) >= 11 is 0. The quantitative estimate of drug-likeness (QED) is 0.742. The van der Waals surface area contributed by atoms with Gasteiger partial charge < -0.3 is 10.1 Å². The molecule has 1 rings (SSSR count).